The minimum Gasteiger partial charge on any atom is -0.495 e. The number of anilines is 3. The number of likely N-dealkylation sites (N-methyl/N-ethyl adjacent to an activating group) is 1. The Bertz CT molecular complexity index is 1140. The van der Waals surface area contributed by atoms with Gasteiger partial charge in [-0.05, 0) is 37.7 Å². The maximum Gasteiger partial charge on any atom is 0.252 e. The van der Waals surface area contributed by atoms with Crippen LogP contribution < -0.4 is 20.7 Å². The number of carbonyl (C=O) groups is 1. The smallest absolute Gasteiger partial charge is 0.252 e. The van der Waals surface area contributed by atoms with Crippen LogP contribution in [0.1, 0.15) is 15.9 Å². The number of nitrogens with two attached hydrogens (primary N) is 1. The second kappa shape index (κ2) is 8.39. The molecule has 7 nitrogen and oxygen atoms in total. The summed E-state index contributed by atoms with van der Waals surface area (Å²) in [5, 5.41) is 3.76. The Kier molecular flexibility index (Phi) is 5.65. The van der Waals surface area contributed by atoms with Crippen LogP contribution >= 0.6 is 0 Å². The standard InChI is InChI=1S/C23H26FN5O2/c1-14-4-5-18(17(24)10-14)27-22-15-11-20(29-8-6-28(2)7-9-29)21(31-3)12-19(15)26-13-16(22)23(25)30/h4-5,10-13H,6-9H2,1-3H3,(H2,25,30)(H,26,27). The van der Waals surface area contributed by atoms with Gasteiger partial charge in [0.15, 0.2) is 0 Å². The van der Waals surface area contributed by atoms with Crippen LogP contribution in [-0.4, -0.2) is 56.1 Å². The maximum absolute atomic E-state index is 14.6. The number of benzene rings is 2. The summed E-state index contributed by atoms with van der Waals surface area (Å²) in [4.78, 5) is 21.1. The molecule has 4 rings (SSSR count). The molecule has 1 aromatic heterocycles. The van der Waals surface area contributed by atoms with Crippen molar-refractivity contribution in [1.29, 1.82) is 0 Å². The molecule has 0 radical (unpaired) electrons. The number of primary amides is 1. The zero-order valence-electron chi connectivity index (χ0n) is 17.9. The molecule has 31 heavy (non-hydrogen) atoms. The first-order chi connectivity index (χ1) is 14.9. The molecule has 8 heteroatoms. The molecule has 162 valence electrons. The molecule has 0 saturated carbocycles. The van der Waals surface area contributed by atoms with Crippen molar-refractivity contribution in [2.45, 2.75) is 6.92 Å². The minimum atomic E-state index is -0.638. The van der Waals surface area contributed by atoms with Gasteiger partial charge in [0.05, 0.1) is 35.3 Å². The molecule has 2 heterocycles. The summed E-state index contributed by atoms with van der Waals surface area (Å²) in [6, 6.07) is 8.66. The SMILES string of the molecule is COc1cc2ncc(C(N)=O)c(Nc3ccc(C)cc3F)c2cc1N1CCN(C)CC1. The van der Waals surface area contributed by atoms with E-state index in [9.17, 15) is 9.18 Å². The van der Waals surface area contributed by atoms with Gasteiger partial charge in [-0.15, -0.1) is 0 Å². The van der Waals surface area contributed by atoms with Crippen LogP contribution in [-0.2, 0) is 0 Å². The van der Waals surface area contributed by atoms with Crippen molar-refractivity contribution in [2.24, 2.45) is 5.73 Å². The Morgan fingerprint density at radius 1 is 1.19 bits per heavy atom. The molecule has 0 atom stereocenters. The highest BCUT2D eigenvalue weighted by Crippen LogP contribution is 2.38. The zero-order chi connectivity index (χ0) is 22.1. The van der Waals surface area contributed by atoms with Crippen molar-refractivity contribution >= 4 is 33.9 Å². The van der Waals surface area contributed by atoms with Crippen LogP contribution in [0.5, 0.6) is 5.75 Å². The van der Waals surface area contributed by atoms with Gasteiger partial charge in [0.2, 0.25) is 0 Å². The second-order valence-electron chi connectivity index (χ2n) is 7.85. The molecule has 0 spiro atoms. The normalized spacial score (nSPS) is 14.6. The van der Waals surface area contributed by atoms with Crippen molar-refractivity contribution < 1.29 is 13.9 Å². The summed E-state index contributed by atoms with van der Waals surface area (Å²) >= 11 is 0. The number of hydrogen-bond donors (Lipinski definition) is 2. The van der Waals surface area contributed by atoms with E-state index in [2.05, 4.69) is 27.1 Å². The molecule has 0 unspecified atom stereocenters. The van der Waals surface area contributed by atoms with Crippen molar-refractivity contribution in [3.05, 3.63) is 53.5 Å². The van der Waals surface area contributed by atoms with Crippen molar-refractivity contribution in [1.82, 2.24) is 9.88 Å². The number of pyridine rings is 1. The molecule has 1 fully saturated rings. The first-order valence-corrected chi connectivity index (χ1v) is 10.1. The van der Waals surface area contributed by atoms with Gasteiger partial charge in [0.1, 0.15) is 11.6 Å². The predicted molar refractivity (Wildman–Crippen MR) is 121 cm³/mol. The number of carbonyl (C=O) groups excluding carboxylic acids is 1. The third kappa shape index (κ3) is 4.11. The van der Waals surface area contributed by atoms with E-state index >= 15 is 0 Å². The Hall–Kier alpha value is -3.39. The van der Waals surface area contributed by atoms with E-state index < -0.39 is 11.7 Å². The van der Waals surface area contributed by atoms with Gasteiger partial charge < -0.3 is 25.6 Å². The monoisotopic (exact) mass is 423 g/mol. The zero-order valence-corrected chi connectivity index (χ0v) is 17.9. The van der Waals surface area contributed by atoms with Gasteiger partial charge in [-0.3, -0.25) is 9.78 Å². The van der Waals surface area contributed by atoms with Crippen LogP contribution in [0.3, 0.4) is 0 Å². The first kappa shape index (κ1) is 20.9. The number of halogens is 1. The topological polar surface area (TPSA) is 83.7 Å². The fraction of sp³-hybridized carbons (Fsp3) is 0.304. The minimum absolute atomic E-state index is 0.196. The summed E-state index contributed by atoms with van der Waals surface area (Å²) in [7, 11) is 3.72. The van der Waals surface area contributed by atoms with Crippen LogP contribution in [0.4, 0.5) is 21.5 Å². The number of hydrogen-bond acceptors (Lipinski definition) is 6. The molecule has 1 aliphatic rings. The number of nitrogens with one attached hydrogen (secondary N) is 1. The quantitative estimate of drug-likeness (QED) is 0.655. The number of aryl methyl sites for hydroxylation is 1. The number of fused-ring (bicyclic) bond motifs is 1. The Morgan fingerprint density at radius 3 is 2.58 bits per heavy atom. The van der Waals surface area contributed by atoms with E-state index in [0.29, 0.717) is 22.3 Å². The lowest BCUT2D eigenvalue weighted by atomic mass is 10.1. The molecular weight excluding hydrogens is 397 g/mol. The van der Waals surface area contributed by atoms with Gasteiger partial charge in [-0.1, -0.05) is 6.07 Å². The number of aromatic nitrogens is 1. The number of methoxy groups -OCH3 is 1. The van der Waals surface area contributed by atoms with Crippen LogP contribution in [0.2, 0.25) is 0 Å². The van der Waals surface area contributed by atoms with E-state index in [0.717, 1.165) is 37.4 Å². The molecule has 1 aliphatic heterocycles. The van der Waals surface area contributed by atoms with Gasteiger partial charge in [-0.2, -0.15) is 0 Å². The number of piperazine rings is 1. The van der Waals surface area contributed by atoms with Crippen LogP contribution in [0, 0.1) is 12.7 Å². The number of amides is 1. The lowest BCUT2D eigenvalue weighted by Crippen LogP contribution is -2.44. The molecule has 3 aromatic rings. The van der Waals surface area contributed by atoms with Gasteiger partial charge in [-0.25, -0.2) is 4.39 Å². The largest absolute Gasteiger partial charge is 0.495 e. The third-order valence-electron chi connectivity index (χ3n) is 5.66. The fourth-order valence-corrected chi connectivity index (χ4v) is 3.84. The third-order valence-corrected chi connectivity index (χ3v) is 5.66. The number of rotatable bonds is 5. The van der Waals surface area contributed by atoms with Gasteiger partial charge >= 0.3 is 0 Å². The van der Waals surface area contributed by atoms with Crippen molar-refractivity contribution in [3.63, 3.8) is 0 Å². The number of ether oxygens (including phenoxy) is 1. The number of nitrogens with zero attached hydrogens (tertiary/aromatic N) is 3. The molecule has 0 aliphatic carbocycles. The maximum atomic E-state index is 14.6. The second-order valence-corrected chi connectivity index (χ2v) is 7.85. The van der Waals surface area contributed by atoms with Gasteiger partial charge in [0, 0.05) is 43.8 Å². The molecular formula is C23H26FN5O2. The molecule has 0 bridgehead atoms. The molecule has 3 N–H and O–H groups in total. The summed E-state index contributed by atoms with van der Waals surface area (Å²) in [6.45, 7) is 5.37. The highest BCUT2D eigenvalue weighted by Gasteiger charge is 2.22. The highest BCUT2D eigenvalue weighted by atomic mass is 19.1. The Labute approximate surface area is 180 Å². The summed E-state index contributed by atoms with van der Waals surface area (Å²) in [5.74, 6) is -0.349. The van der Waals surface area contributed by atoms with Crippen molar-refractivity contribution in [2.75, 3.05) is 50.6 Å². The Balaban J connectivity index is 1.88. The van der Waals surface area contributed by atoms with Crippen molar-refractivity contribution in [3.8, 4) is 5.75 Å². The van der Waals surface area contributed by atoms with E-state index in [1.54, 1.807) is 19.2 Å². The fourth-order valence-electron chi connectivity index (χ4n) is 3.84. The predicted octanol–water partition coefficient (Wildman–Crippen LogP) is 3.29. The van der Waals surface area contributed by atoms with Crippen LogP contribution in [0.15, 0.2) is 36.5 Å². The van der Waals surface area contributed by atoms with Crippen LogP contribution in [0.25, 0.3) is 10.9 Å². The Morgan fingerprint density at radius 2 is 1.94 bits per heavy atom. The lowest BCUT2D eigenvalue weighted by Gasteiger charge is -2.35. The van der Waals surface area contributed by atoms with Gasteiger partial charge in [0.25, 0.3) is 5.91 Å². The lowest BCUT2D eigenvalue weighted by molar-refractivity contribution is 0.100. The van der Waals surface area contributed by atoms with E-state index in [1.807, 2.05) is 19.1 Å². The molecule has 1 saturated heterocycles. The molecule has 2 aromatic carbocycles. The van der Waals surface area contributed by atoms with E-state index in [1.165, 1.54) is 12.3 Å². The average Bonchev–Trinajstić information content (AvgIpc) is 2.75. The average molecular weight is 423 g/mol. The van der Waals surface area contributed by atoms with E-state index in [4.69, 9.17) is 10.5 Å². The molecule has 1 amide bonds. The highest BCUT2D eigenvalue weighted by molar-refractivity contribution is 6.08. The summed E-state index contributed by atoms with van der Waals surface area (Å²) in [6.07, 6.45) is 1.41. The van der Waals surface area contributed by atoms with E-state index in [-0.39, 0.29) is 11.3 Å². The summed E-state index contributed by atoms with van der Waals surface area (Å²) < 4.78 is 20.2. The summed E-state index contributed by atoms with van der Waals surface area (Å²) in [5.41, 5.74) is 8.83. The first-order valence-electron chi connectivity index (χ1n) is 10.1.